The van der Waals surface area contributed by atoms with E-state index in [4.69, 9.17) is 15.2 Å². The van der Waals surface area contributed by atoms with Gasteiger partial charge in [0.1, 0.15) is 10.2 Å². The number of phenols is 1. The van der Waals surface area contributed by atoms with Crippen molar-refractivity contribution in [2.45, 2.75) is 18.4 Å². The van der Waals surface area contributed by atoms with E-state index in [1.165, 1.54) is 7.11 Å². The second-order valence-corrected chi connectivity index (χ2v) is 4.77. The molecule has 0 unspecified atom stereocenters. The van der Waals surface area contributed by atoms with Crippen molar-refractivity contribution < 1.29 is 14.6 Å². The van der Waals surface area contributed by atoms with E-state index in [2.05, 4.69) is 15.9 Å². The fraction of sp³-hybridized carbons (Fsp3) is 0.455. The molecule has 2 rings (SSSR count). The number of phenolic OH excluding ortho intramolecular Hbond substituents is 1. The van der Waals surface area contributed by atoms with Crippen LogP contribution in [0.5, 0.6) is 17.2 Å². The summed E-state index contributed by atoms with van der Waals surface area (Å²) in [6.07, 6.45) is 1.75. The first-order valence-electron chi connectivity index (χ1n) is 4.96. The summed E-state index contributed by atoms with van der Waals surface area (Å²) in [4.78, 5) is 0. The molecule has 1 aliphatic carbocycles. The molecule has 0 radical (unpaired) electrons. The third kappa shape index (κ3) is 1.64. The van der Waals surface area contributed by atoms with E-state index in [0.29, 0.717) is 21.5 Å². The first kappa shape index (κ1) is 11.5. The van der Waals surface area contributed by atoms with Gasteiger partial charge in [-0.3, -0.25) is 0 Å². The molecule has 3 N–H and O–H groups in total. The Balaban J connectivity index is 2.60. The van der Waals surface area contributed by atoms with Gasteiger partial charge in [0.25, 0.3) is 0 Å². The summed E-state index contributed by atoms with van der Waals surface area (Å²) in [5.74, 6) is 1.18. The van der Waals surface area contributed by atoms with Crippen LogP contribution in [0.3, 0.4) is 0 Å². The van der Waals surface area contributed by atoms with Crippen LogP contribution in [0.1, 0.15) is 18.4 Å². The van der Waals surface area contributed by atoms with Gasteiger partial charge in [-0.1, -0.05) is 0 Å². The fourth-order valence-electron chi connectivity index (χ4n) is 1.72. The third-order valence-corrected chi connectivity index (χ3v) is 3.65. The first-order valence-corrected chi connectivity index (χ1v) is 5.75. The monoisotopic (exact) mass is 287 g/mol. The molecule has 0 aliphatic heterocycles. The molecule has 1 saturated carbocycles. The van der Waals surface area contributed by atoms with Gasteiger partial charge in [-0.05, 0) is 34.8 Å². The van der Waals surface area contributed by atoms with Crippen LogP contribution in [-0.4, -0.2) is 19.3 Å². The number of benzene rings is 1. The van der Waals surface area contributed by atoms with Crippen molar-refractivity contribution in [1.29, 1.82) is 0 Å². The van der Waals surface area contributed by atoms with Crippen LogP contribution in [0.2, 0.25) is 0 Å². The van der Waals surface area contributed by atoms with Gasteiger partial charge >= 0.3 is 0 Å². The molecule has 0 bridgehead atoms. The SMILES string of the molecule is COc1cc(C2(N)CC2)c(O)c(Br)c1OC. The van der Waals surface area contributed by atoms with Crippen molar-refractivity contribution in [2.75, 3.05) is 14.2 Å². The lowest BCUT2D eigenvalue weighted by molar-refractivity contribution is 0.346. The zero-order chi connectivity index (χ0) is 11.9. The lowest BCUT2D eigenvalue weighted by Gasteiger charge is -2.17. The lowest BCUT2D eigenvalue weighted by atomic mass is 10.0. The Morgan fingerprint density at radius 2 is 2.00 bits per heavy atom. The number of ether oxygens (including phenoxy) is 2. The van der Waals surface area contributed by atoms with Crippen LogP contribution in [0.15, 0.2) is 10.5 Å². The number of rotatable bonds is 3. The number of aromatic hydroxyl groups is 1. The summed E-state index contributed by atoms with van der Waals surface area (Å²) in [6.45, 7) is 0. The highest BCUT2D eigenvalue weighted by Crippen LogP contribution is 2.52. The van der Waals surface area contributed by atoms with E-state index in [1.54, 1.807) is 13.2 Å². The van der Waals surface area contributed by atoms with Crippen LogP contribution >= 0.6 is 15.9 Å². The van der Waals surface area contributed by atoms with Crippen LogP contribution < -0.4 is 15.2 Å². The van der Waals surface area contributed by atoms with E-state index in [1.807, 2.05) is 0 Å². The van der Waals surface area contributed by atoms with E-state index in [9.17, 15) is 5.11 Å². The lowest BCUT2D eigenvalue weighted by Crippen LogP contribution is -2.19. The van der Waals surface area contributed by atoms with Gasteiger partial charge in [0.15, 0.2) is 11.5 Å². The van der Waals surface area contributed by atoms with Gasteiger partial charge in [0, 0.05) is 11.1 Å². The van der Waals surface area contributed by atoms with Gasteiger partial charge in [-0.2, -0.15) is 0 Å². The van der Waals surface area contributed by atoms with E-state index < -0.39 is 5.54 Å². The third-order valence-electron chi connectivity index (χ3n) is 2.91. The van der Waals surface area contributed by atoms with Crippen molar-refractivity contribution in [1.82, 2.24) is 0 Å². The molecule has 0 amide bonds. The van der Waals surface area contributed by atoms with Gasteiger partial charge in [0.2, 0.25) is 0 Å². The molecule has 1 aliphatic rings. The molecule has 16 heavy (non-hydrogen) atoms. The Morgan fingerprint density at radius 1 is 1.38 bits per heavy atom. The van der Waals surface area contributed by atoms with Crippen molar-refractivity contribution in [3.8, 4) is 17.2 Å². The van der Waals surface area contributed by atoms with Crippen molar-refractivity contribution >= 4 is 15.9 Å². The zero-order valence-electron chi connectivity index (χ0n) is 9.21. The van der Waals surface area contributed by atoms with Gasteiger partial charge < -0.3 is 20.3 Å². The molecule has 4 nitrogen and oxygen atoms in total. The summed E-state index contributed by atoms with van der Waals surface area (Å²) in [5, 5.41) is 10.0. The minimum atomic E-state index is -0.411. The Kier molecular flexibility index (Phi) is 2.75. The standard InChI is InChI=1S/C11H14BrNO3/c1-15-7-5-6(11(13)3-4-11)9(14)8(12)10(7)16-2/h5,14H,3-4,13H2,1-2H3. The number of hydrogen-bond acceptors (Lipinski definition) is 4. The quantitative estimate of drug-likeness (QED) is 0.894. The summed E-state index contributed by atoms with van der Waals surface area (Å²) in [5.41, 5.74) is 6.37. The van der Waals surface area contributed by atoms with Gasteiger partial charge in [-0.15, -0.1) is 0 Å². The van der Waals surface area contributed by atoms with Crippen molar-refractivity contribution in [3.63, 3.8) is 0 Å². The topological polar surface area (TPSA) is 64.7 Å². The van der Waals surface area contributed by atoms with E-state index in [0.717, 1.165) is 12.8 Å². The summed E-state index contributed by atoms with van der Waals surface area (Å²) >= 11 is 3.29. The summed E-state index contributed by atoms with van der Waals surface area (Å²) in [7, 11) is 3.08. The average molecular weight is 288 g/mol. The van der Waals surface area contributed by atoms with Crippen molar-refractivity contribution in [2.24, 2.45) is 5.73 Å². The van der Waals surface area contributed by atoms with E-state index in [-0.39, 0.29) is 5.75 Å². The Morgan fingerprint density at radius 3 is 2.44 bits per heavy atom. The van der Waals surface area contributed by atoms with Crippen LogP contribution in [0, 0.1) is 0 Å². The minimum absolute atomic E-state index is 0.137. The molecule has 5 heteroatoms. The highest BCUT2D eigenvalue weighted by Gasteiger charge is 2.43. The molecule has 88 valence electrons. The highest BCUT2D eigenvalue weighted by atomic mass is 79.9. The average Bonchev–Trinajstić information content (AvgIpc) is 3.01. The second-order valence-electron chi connectivity index (χ2n) is 3.98. The predicted molar refractivity (Wildman–Crippen MR) is 64.0 cm³/mol. The summed E-state index contributed by atoms with van der Waals surface area (Å²) in [6, 6.07) is 1.74. The zero-order valence-corrected chi connectivity index (χ0v) is 10.8. The highest BCUT2D eigenvalue weighted by molar-refractivity contribution is 9.10. The van der Waals surface area contributed by atoms with Gasteiger partial charge in [-0.25, -0.2) is 0 Å². The molecule has 0 spiro atoms. The number of nitrogens with two attached hydrogens (primary N) is 1. The maximum absolute atomic E-state index is 10.0. The molecule has 0 atom stereocenters. The Bertz CT molecular complexity index is 430. The van der Waals surface area contributed by atoms with Crippen LogP contribution in [-0.2, 0) is 5.54 Å². The number of methoxy groups -OCH3 is 2. The van der Waals surface area contributed by atoms with Crippen LogP contribution in [0.25, 0.3) is 0 Å². The molecule has 0 heterocycles. The number of halogens is 1. The Hall–Kier alpha value is -0.940. The molecular formula is C11H14BrNO3. The first-order chi connectivity index (χ1) is 7.53. The molecule has 0 saturated heterocycles. The molecule has 1 aromatic carbocycles. The molecular weight excluding hydrogens is 274 g/mol. The van der Waals surface area contributed by atoms with Crippen molar-refractivity contribution in [3.05, 3.63) is 16.1 Å². The maximum Gasteiger partial charge on any atom is 0.178 e. The largest absolute Gasteiger partial charge is 0.506 e. The smallest absolute Gasteiger partial charge is 0.178 e. The summed E-state index contributed by atoms with van der Waals surface area (Å²) < 4.78 is 10.9. The Labute approximate surface area is 102 Å². The fourth-order valence-corrected chi connectivity index (χ4v) is 2.30. The number of hydrogen-bond donors (Lipinski definition) is 2. The predicted octanol–water partition coefficient (Wildman–Crippen LogP) is 2.12. The van der Waals surface area contributed by atoms with Crippen LogP contribution in [0.4, 0.5) is 0 Å². The van der Waals surface area contributed by atoms with E-state index >= 15 is 0 Å². The normalized spacial score (nSPS) is 17.0. The molecule has 0 aromatic heterocycles. The minimum Gasteiger partial charge on any atom is -0.506 e. The van der Waals surface area contributed by atoms with Gasteiger partial charge in [0.05, 0.1) is 14.2 Å². The maximum atomic E-state index is 10.0. The second kappa shape index (κ2) is 3.82. The molecule has 1 fully saturated rings. The molecule has 1 aromatic rings.